The Morgan fingerprint density at radius 1 is 1.59 bits per heavy atom. The van der Waals surface area contributed by atoms with Crippen LogP contribution in [-0.2, 0) is 0 Å². The van der Waals surface area contributed by atoms with Crippen LogP contribution in [0, 0.1) is 0 Å². The summed E-state index contributed by atoms with van der Waals surface area (Å²) in [5, 5.41) is 4.39. The molecule has 94 valence electrons. The average molecular weight is 320 g/mol. The molecule has 0 aliphatic rings. The highest BCUT2D eigenvalue weighted by molar-refractivity contribution is 9.09. The molecule has 1 rings (SSSR count). The monoisotopic (exact) mass is 318 g/mol. The van der Waals surface area contributed by atoms with E-state index < -0.39 is 0 Å². The van der Waals surface area contributed by atoms with Crippen molar-refractivity contribution in [3.05, 3.63) is 29.0 Å². The largest absolute Gasteiger partial charge is 0.346 e. The fourth-order valence-corrected chi connectivity index (χ4v) is 2.37. The lowest BCUT2D eigenvalue weighted by atomic mass is 9.95. The Morgan fingerprint density at radius 2 is 2.29 bits per heavy atom. The van der Waals surface area contributed by atoms with E-state index in [2.05, 4.69) is 33.2 Å². The van der Waals surface area contributed by atoms with Crippen molar-refractivity contribution in [1.82, 2.24) is 10.3 Å². The normalized spacial score (nSPS) is 14.1. The molecule has 1 aromatic heterocycles. The highest BCUT2D eigenvalue weighted by Crippen LogP contribution is 2.16. The molecule has 5 heteroatoms. The molecule has 0 radical (unpaired) electrons. The number of alkyl halides is 1. The van der Waals surface area contributed by atoms with Gasteiger partial charge in [0.25, 0.3) is 5.91 Å². The maximum atomic E-state index is 12.0. The molecule has 0 saturated heterocycles. The van der Waals surface area contributed by atoms with Crippen molar-refractivity contribution in [3.63, 3.8) is 0 Å². The van der Waals surface area contributed by atoms with Crippen molar-refractivity contribution in [2.75, 3.05) is 5.33 Å². The Labute approximate surface area is 115 Å². The number of nitrogens with zero attached hydrogens (tertiary/aromatic N) is 1. The molecule has 1 N–H and O–H groups in total. The van der Waals surface area contributed by atoms with Crippen LogP contribution in [0.25, 0.3) is 0 Å². The second kappa shape index (κ2) is 6.36. The fraction of sp³-hybridized carbons (Fsp3) is 0.500. The van der Waals surface area contributed by atoms with Crippen LogP contribution in [-0.4, -0.2) is 21.8 Å². The Balaban J connectivity index is 2.74. The summed E-state index contributed by atoms with van der Waals surface area (Å²) >= 11 is 9.12. The van der Waals surface area contributed by atoms with E-state index >= 15 is 0 Å². The number of hydrogen-bond donors (Lipinski definition) is 1. The Bertz CT molecular complexity index is 383. The van der Waals surface area contributed by atoms with Crippen molar-refractivity contribution < 1.29 is 4.79 Å². The van der Waals surface area contributed by atoms with E-state index in [-0.39, 0.29) is 11.4 Å². The molecule has 1 heterocycles. The van der Waals surface area contributed by atoms with Gasteiger partial charge in [-0.3, -0.25) is 4.79 Å². The maximum Gasteiger partial charge on any atom is 0.270 e. The molecule has 1 atom stereocenters. The van der Waals surface area contributed by atoms with Gasteiger partial charge in [0.2, 0.25) is 0 Å². The minimum Gasteiger partial charge on any atom is -0.346 e. The Morgan fingerprint density at radius 3 is 2.76 bits per heavy atom. The first-order valence-electron chi connectivity index (χ1n) is 5.51. The summed E-state index contributed by atoms with van der Waals surface area (Å²) in [7, 11) is 0. The Kier molecular flexibility index (Phi) is 5.40. The van der Waals surface area contributed by atoms with E-state index in [4.69, 9.17) is 11.6 Å². The quantitative estimate of drug-likeness (QED) is 0.845. The van der Waals surface area contributed by atoms with Crippen molar-refractivity contribution in [2.24, 2.45) is 0 Å². The number of aromatic nitrogens is 1. The first-order chi connectivity index (χ1) is 8.00. The topological polar surface area (TPSA) is 42.0 Å². The second-order valence-electron chi connectivity index (χ2n) is 4.17. The summed E-state index contributed by atoms with van der Waals surface area (Å²) in [4.78, 5) is 16.0. The van der Waals surface area contributed by atoms with E-state index in [1.54, 1.807) is 12.1 Å². The van der Waals surface area contributed by atoms with Gasteiger partial charge in [-0.1, -0.05) is 34.5 Å². The third kappa shape index (κ3) is 4.28. The molecule has 1 unspecified atom stereocenters. The standard InChI is InChI=1S/C12H16BrClN2O/c1-3-12(2,6-7-13)16-11(17)10-5-4-9(14)8-15-10/h4-5,8H,3,6-7H2,1-2H3,(H,16,17). The van der Waals surface area contributed by atoms with Crippen LogP contribution in [0.3, 0.4) is 0 Å². The molecule has 0 spiro atoms. The molecule has 1 aromatic rings. The highest BCUT2D eigenvalue weighted by atomic mass is 79.9. The molecule has 0 fully saturated rings. The van der Waals surface area contributed by atoms with Crippen molar-refractivity contribution in [3.8, 4) is 0 Å². The van der Waals surface area contributed by atoms with Crippen LogP contribution >= 0.6 is 27.5 Å². The number of nitrogens with one attached hydrogen (secondary N) is 1. The first kappa shape index (κ1) is 14.5. The smallest absolute Gasteiger partial charge is 0.270 e. The number of rotatable bonds is 5. The summed E-state index contributed by atoms with van der Waals surface area (Å²) in [5.41, 5.74) is 0.186. The summed E-state index contributed by atoms with van der Waals surface area (Å²) in [6, 6.07) is 3.29. The first-order valence-corrected chi connectivity index (χ1v) is 7.01. The van der Waals surface area contributed by atoms with Crippen LogP contribution in [0.15, 0.2) is 18.3 Å². The highest BCUT2D eigenvalue weighted by Gasteiger charge is 2.24. The molecule has 0 saturated carbocycles. The van der Waals surface area contributed by atoms with Crippen LogP contribution < -0.4 is 5.32 Å². The Hall–Kier alpha value is -0.610. The van der Waals surface area contributed by atoms with Crippen LogP contribution in [0.1, 0.15) is 37.2 Å². The van der Waals surface area contributed by atoms with Gasteiger partial charge in [-0.25, -0.2) is 4.98 Å². The van der Waals surface area contributed by atoms with Gasteiger partial charge in [-0.15, -0.1) is 0 Å². The second-order valence-corrected chi connectivity index (χ2v) is 5.40. The zero-order valence-electron chi connectivity index (χ0n) is 9.96. The predicted octanol–water partition coefficient (Wildman–Crippen LogP) is 3.42. The maximum absolute atomic E-state index is 12.0. The lowest BCUT2D eigenvalue weighted by Gasteiger charge is -2.28. The molecule has 1 amide bonds. The van der Waals surface area contributed by atoms with E-state index in [1.807, 2.05) is 6.92 Å². The molecule has 0 bridgehead atoms. The summed E-state index contributed by atoms with van der Waals surface area (Å²) in [6.07, 6.45) is 3.23. The average Bonchev–Trinajstić information content (AvgIpc) is 2.30. The van der Waals surface area contributed by atoms with Crippen molar-refractivity contribution >= 4 is 33.4 Å². The van der Waals surface area contributed by atoms with Crippen LogP contribution in [0.4, 0.5) is 0 Å². The van der Waals surface area contributed by atoms with Gasteiger partial charge in [0.05, 0.1) is 5.02 Å². The molecule has 0 aliphatic heterocycles. The van der Waals surface area contributed by atoms with E-state index in [9.17, 15) is 4.79 Å². The third-order valence-corrected chi connectivity index (χ3v) is 3.42. The number of carbonyl (C=O) groups is 1. The lowest BCUT2D eigenvalue weighted by molar-refractivity contribution is 0.0896. The molecular formula is C12H16BrClN2O. The summed E-state index contributed by atoms with van der Waals surface area (Å²) in [5.74, 6) is -0.160. The van der Waals surface area contributed by atoms with E-state index in [0.717, 1.165) is 18.2 Å². The predicted molar refractivity (Wildman–Crippen MR) is 73.8 cm³/mol. The van der Waals surface area contributed by atoms with Gasteiger partial charge in [0.1, 0.15) is 5.69 Å². The summed E-state index contributed by atoms with van der Waals surface area (Å²) in [6.45, 7) is 4.08. The van der Waals surface area contributed by atoms with Crippen molar-refractivity contribution in [2.45, 2.75) is 32.2 Å². The zero-order chi connectivity index (χ0) is 12.9. The van der Waals surface area contributed by atoms with Gasteiger partial charge in [-0.05, 0) is 31.9 Å². The van der Waals surface area contributed by atoms with Crippen molar-refractivity contribution in [1.29, 1.82) is 0 Å². The number of carbonyl (C=O) groups excluding carboxylic acids is 1. The van der Waals surface area contributed by atoms with Gasteiger partial charge >= 0.3 is 0 Å². The molecular weight excluding hydrogens is 304 g/mol. The zero-order valence-corrected chi connectivity index (χ0v) is 12.3. The van der Waals surface area contributed by atoms with E-state index in [1.165, 1.54) is 6.20 Å². The van der Waals surface area contributed by atoms with Crippen LogP contribution in [0.5, 0.6) is 0 Å². The number of halogens is 2. The fourth-order valence-electron chi connectivity index (χ4n) is 1.38. The number of pyridine rings is 1. The molecule has 3 nitrogen and oxygen atoms in total. The third-order valence-electron chi connectivity index (χ3n) is 2.80. The minimum absolute atomic E-state index is 0.160. The molecule has 17 heavy (non-hydrogen) atoms. The lowest BCUT2D eigenvalue weighted by Crippen LogP contribution is -2.46. The van der Waals surface area contributed by atoms with E-state index in [0.29, 0.717) is 10.7 Å². The molecule has 0 aliphatic carbocycles. The number of hydrogen-bond acceptors (Lipinski definition) is 2. The van der Waals surface area contributed by atoms with Gasteiger partial charge in [0.15, 0.2) is 0 Å². The van der Waals surface area contributed by atoms with Crippen LogP contribution in [0.2, 0.25) is 5.02 Å². The SMILES string of the molecule is CCC(C)(CCBr)NC(=O)c1ccc(Cl)cn1. The minimum atomic E-state index is -0.206. The molecule has 0 aromatic carbocycles. The number of amides is 1. The van der Waals surface area contributed by atoms with Gasteiger partial charge in [0, 0.05) is 17.1 Å². The summed E-state index contributed by atoms with van der Waals surface area (Å²) < 4.78 is 0. The van der Waals surface area contributed by atoms with Gasteiger partial charge in [-0.2, -0.15) is 0 Å². The van der Waals surface area contributed by atoms with Gasteiger partial charge < -0.3 is 5.32 Å².